The first-order chi connectivity index (χ1) is 2.00. The summed E-state index contributed by atoms with van der Waals surface area (Å²) >= 11 is 0. The molecule has 0 aliphatic rings. The zero-order valence-electron chi connectivity index (χ0n) is 2.79. The third-order valence-corrected chi connectivity index (χ3v) is 0. The Morgan fingerprint density at radius 1 is 0.875 bits per heavy atom. The molecule has 0 saturated carbocycles. The standard InChI is InChI=1S/Li.Na.H4O4Si.H2O.2H/c;;1-5(2,3)4;;;/h;;1-4H;1H2;;. The van der Waals surface area contributed by atoms with Crippen LogP contribution in [0.4, 0.5) is 0 Å². The minimum atomic E-state index is -4.61. The molecule has 0 radical (unpaired) electrons. The SMILES string of the molecule is O.O[Si](O)(O)O.[LiH].[NaH]. The summed E-state index contributed by atoms with van der Waals surface area (Å²) in [7, 11) is -4.61. The fourth-order valence-electron chi connectivity index (χ4n) is 0. The van der Waals surface area contributed by atoms with Gasteiger partial charge in [0, 0.05) is 0 Å². The van der Waals surface area contributed by atoms with Crippen molar-refractivity contribution in [1.82, 2.24) is 0 Å². The molecule has 0 spiro atoms. The molecule has 0 aromatic heterocycles. The van der Waals surface area contributed by atoms with Crippen molar-refractivity contribution in [1.29, 1.82) is 0 Å². The molecule has 0 unspecified atom stereocenters. The maximum absolute atomic E-state index is 7.33. The first kappa shape index (κ1) is 22.6. The first-order valence-electron chi connectivity index (χ1n) is 0.894. The van der Waals surface area contributed by atoms with Gasteiger partial charge in [-0.15, -0.1) is 0 Å². The molecule has 6 N–H and O–H groups in total. The van der Waals surface area contributed by atoms with E-state index in [4.69, 9.17) is 19.2 Å². The van der Waals surface area contributed by atoms with Gasteiger partial charge in [0.25, 0.3) is 0 Å². The van der Waals surface area contributed by atoms with E-state index in [1.165, 1.54) is 0 Å². The van der Waals surface area contributed by atoms with Gasteiger partial charge < -0.3 is 24.7 Å². The Hall–Kier alpha value is 1.61. The molecule has 5 nitrogen and oxygen atoms in total. The summed E-state index contributed by atoms with van der Waals surface area (Å²) in [6.45, 7) is 0. The van der Waals surface area contributed by atoms with E-state index in [1.54, 1.807) is 0 Å². The number of hydrogen-bond donors (Lipinski definition) is 4. The third kappa shape index (κ3) is 128. The van der Waals surface area contributed by atoms with Gasteiger partial charge in [-0.05, 0) is 0 Å². The Morgan fingerprint density at radius 2 is 0.875 bits per heavy atom. The van der Waals surface area contributed by atoms with Crippen molar-refractivity contribution in [3.8, 4) is 0 Å². The van der Waals surface area contributed by atoms with Crippen LogP contribution in [0.3, 0.4) is 0 Å². The summed E-state index contributed by atoms with van der Waals surface area (Å²) in [5.74, 6) is 0. The van der Waals surface area contributed by atoms with Crippen LogP contribution in [0.25, 0.3) is 0 Å². The van der Waals surface area contributed by atoms with Crippen LogP contribution in [0.2, 0.25) is 0 Å². The summed E-state index contributed by atoms with van der Waals surface area (Å²) in [6.07, 6.45) is 0. The fourth-order valence-corrected chi connectivity index (χ4v) is 0. The van der Waals surface area contributed by atoms with Gasteiger partial charge in [-0.3, -0.25) is 0 Å². The van der Waals surface area contributed by atoms with Gasteiger partial charge in [-0.2, -0.15) is 0 Å². The molecule has 0 aliphatic carbocycles. The van der Waals surface area contributed by atoms with Crippen LogP contribution in [0.1, 0.15) is 0 Å². The molecule has 0 rings (SSSR count). The third-order valence-electron chi connectivity index (χ3n) is 0. The number of rotatable bonds is 0. The summed E-state index contributed by atoms with van der Waals surface area (Å²) < 4.78 is 0. The molecule has 0 heterocycles. The van der Waals surface area contributed by atoms with Crippen molar-refractivity contribution in [2.75, 3.05) is 0 Å². The van der Waals surface area contributed by atoms with Gasteiger partial charge in [-0.1, -0.05) is 0 Å². The second-order valence-corrected chi connectivity index (χ2v) is 1.80. The molecule has 0 atom stereocenters. The Labute approximate surface area is 81.6 Å². The van der Waals surface area contributed by atoms with Crippen LogP contribution in [-0.2, 0) is 0 Å². The zero-order chi connectivity index (χ0) is 4.50. The van der Waals surface area contributed by atoms with E-state index in [2.05, 4.69) is 0 Å². The molecule has 0 aromatic carbocycles. The van der Waals surface area contributed by atoms with E-state index in [0.717, 1.165) is 0 Å². The van der Waals surface area contributed by atoms with E-state index in [0.29, 0.717) is 0 Å². The molecule has 8 heteroatoms. The van der Waals surface area contributed by atoms with Crippen LogP contribution >= 0.6 is 0 Å². The minimum absolute atomic E-state index is 0. The van der Waals surface area contributed by atoms with Crippen LogP contribution < -0.4 is 0 Å². The Bertz CT molecular complexity index is 27.9. The molecular formula is H8LiNaO5Si. The van der Waals surface area contributed by atoms with Crippen LogP contribution in [0, 0.1) is 0 Å². The Balaban J connectivity index is -0.0000000267. The quantitative estimate of drug-likeness (QED) is 0.257. The van der Waals surface area contributed by atoms with Crippen LogP contribution in [0.15, 0.2) is 0 Å². The molecule has 0 saturated heterocycles. The van der Waals surface area contributed by atoms with Crippen molar-refractivity contribution >= 4 is 57.5 Å². The van der Waals surface area contributed by atoms with Crippen molar-refractivity contribution < 1.29 is 24.7 Å². The van der Waals surface area contributed by atoms with E-state index in [-0.39, 0.29) is 53.9 Å². The van der Waals surface area contributed by atoms with E-state index in [1.807, 2.05) is 0 Å². The summed E-state index contributed by atoms with van der Waals surface area (Å²) in [4.78, 5) is 29.3. The molecule has 8 heavy (non-hydrogen) atoms. The normalized spacial score (nSPS) is 7.50. The molecule has 0 fully saturated rings. The topological polar surface area (TPSA) is 112 Å². The van der Waals surface area contributed by atoms with Gasteiger partial charge >= 0.3 is 57.5 Å². The van der Waals surface area contributed by atoms with Gasteiger partial charge in [-0.25, -0.2) is 0 Å². The van der Waals surface area contributed by atoms with Crippen molar-refractivity contribution in [2.45, 2.75) is 0 Å². The molecule has 44 valence electrons. The first-order valence-corrected chi connectivity index (χ1v) is 2.68. The van der Waals surface area contributed by atoms with Crippen molar-refractivity contribution in [3.63, 3.8) is 0 Å². The maximum atomic E-state index is 7.33. The average Bonchev–Trinajstić information content (AvgIpc) is 0.722. The zero-order valence-corrected chi connectivity index (χ0v) is 3.79. The van der Waals surface area contributed by atoms with E-state index in [9.17, 15) is 0 Å². The predicted molar refractivity (Wildman–Crippen MR) is 32.5 cm³/mol. The molecule has 0 aliphatic heterocycles. The number of hydrogen-bond acceptors (Lipinski definition) is 4. The summed E-state index contributed by atoms with van der Waals surface area (Å²) in [5, 5.41) is 0. The summed E-state index contributed by atoms with van der Waals surface area (Å²) in [5.41, 5.74) is 0. The van der Waals surface area contributed by atoms with Crippen LogP contribution in [-0.4, -0.2) is 82.1 Å². The van der Waals surface area contributed by atoms with E-state index >= 15 is 0 Å². The van der Waals surface area contributed by atoms with Crippen molar-refractivity contribution in [2.24, 2.45) is 0 Å². The average molecular weight is 146 g/mol. The summed E-state index contributed by atoms with van der Waals surface area (Å²) in [6, 6.07) is 0. The van der Waals surface area contributed by atoms with Crippen LogP contribution in [0.5, 0.6) is 0 Å². The van der Waals surface area contributed by atoms with Gasteiger partial charge in [0.05, 0.1) is 0 Å². The van der Waals surface area contributed by atoms with Crippen molar-refractivity contribution in [3.05, 3.63) is 0 Å². The predicted octanol–water partition coefficient (Wildman–Crippen LogP) is -4.73. The Morgan fingerprint density at radius 3 is 0.875 bits per heavy atom. The second-order valence-electron chi connectivity index (χ2n) is 0.600. The molecule has 0 amide bonds. The van der Waals surface area contributed by atoms with Gasteiger partial charge in [0.2, 0.25) is 0 Å². The van der Waals surface area contributed by atoms with E-state index < -0.39 is 9.05 Å². The monoisotopic (exact) mass is 146 g/mol. The second kappa shape index (κ2) is 8.61. The molecule has 0 bridgehead atoms. The fraction of sp³-hybridized carbons (Fsp3) is 0. The van der Waals surface area contributed by atoms with Gasteiger partial charge in [0.15, 0.2) is 0 Å². The Kier molecular flexibility index (Phi) is 24.4. The van der Waals surface area contributed by atoms with Gasteiger partial charge in [0.1, 0.15) is 0 Å². The molecular weight excluding hydrogens is 138 g/mol. The molecule has 0 aromatic rings.